The predicted octanol–water partition coefficient (Wildman–Crippen LogP) is 2.04. The van der Waals surface area contributed by atoms with Crippen molar-refractivity contribution in [3.05, 3.63) is 76.8 Å². The lowest BCUT2D eigenvalue weighted by molar-refractivity contribution is -0.137. The third-order valence-electron chi connectivity index (χ3n) is 3.75. The van der Waals surface area contributed by atoms with Gasteiger partial charge in [0.2, 0.25) is 0 Å². The Morgan fingerprint density at radius 1 is 1.12 bits per heavy atom. The van der Waals surface area contributed by atoms with Gasteiger partial charge in [0.1, 0.15) is 12.2 Å². The van der Waals surface area contributed by atoms with Crippen LogP contribution in [0.1, 0.15) is 5.69 Å². The van der Waals surface area contributed by atoms with Crippen molar-refractivity contribution in [3.8, 4) is 11.3 Å². The van der Waals surface area contributed by atoms with Crippen LogP contribution in [-0.4, -0.2) is 32.4 Å². The second-order valence-electron chi connectivity index (χ2n) is 5.66. The van der Waals surface area contributed by atoms with Gasteiger partial charge in [0.15, 0.2) is 0 Å². The highest BCUT2D eigenvalue weighted by Crippen LogP contribution is 2.17. The number of aliphatic carboxylic acids is 1. The quantitative estimate of drug-likeness (QED) is 0.677. The number of anilines is 1. The van der Waals surface area contributed by atoms with Crippen molar-refractivity contribution in [2.75, 3.05) is 11.9 Å². The number of rotatable bonds is 7. The van der Waals surface area contributed by atoms with Gasteiger partial charge in [-0.15, -0.1) is 0 Å². The van der Waals surface area contributed by atoms with Gasteiger partial charge < -0.3 is 10.4 Å². The molecular formula is C19H18N4O3. The molecule has 0 bridgehead atoms. The fraction of sp³-hybridized carbons (Fsp3) is 0.158. The van der Waals surface area contributed by atoms with Crippen molar-refractivity contribution in [1.29, 1.82) is 0 Å². The second kappa shape index (κ2) is 8.06. The van der Waals surface area contributed by atoms with Crippen molar-refractivity contribution in [3.63, 3.8) is 0 Å². The van der Waals surface area contributed by atoms with Crippen molar-refractivity contribution >= 4 is 11.7 Å². The van der Waals surface area contributed by atoms with E-state index in [1.165, 1.54) is 0 Å². The summed E-state index contributed by atoms with van der Waals surface area (Å²) in [7, 11) is 0. The van der Waals surface area contributed by atoms with Crippen LogP contribution in [0.25, 0.3) is 11.3 Å². The normalized spacial score (nSPS) is 10.5. The third-order valence-corrected chi connectivity index (χ3v) is 3.75. The molecule has 3 aromatic rings. The van der Waals surface area contributed by atoms with Gasteiger partial charge in [-0.25, -0.2) is 4.68 Å². The number of carboxylic acid groups (broad SMARTS) is 1. The summed E-state index contributed by atoms with van der Waals surface area (Å²) in [4.78, 5) is 27.8. The van der Waals surface area contributed by atoms with Crippen molar-refractivity contribution < 1.29 is 9.90 Å². The minimum atomic E-state index is -1.12. The zero-order valence-electron chi connectivity index (χ0n) is 14.0. The zero-order chi connectivity index (χ0) is 18.4. The highest BCUT2D eigenvalue weighted by atomic mass is 16.4. The fourth-order valence-electron chi connectivity index (χ4n) is 2.52. The molecule has 0 amide bonds. The Labute approximate surface area is 150 Å². The first-order valence-electron chi connectivity index (χ1n) is 8.16. The summed E-state index contributed by atoms with van der Waals surface area (Å²) >= 11 is 0. The van der Waals surface area contributed by atoms with Crippen LogP contribution in [-0.2, 0) is 17.8 Å². The Morgan fingerprint density at radius 2 is 1.88 bits per heavy atom. The second-order valence-corrected chi connectivity index (χ2v) is 5.66. The topological polar surface area (TPSA) is 97.1 Å². The van der Waals surface area contributed by atoms with E-state index in [1.54, 1.807) is 12.3 Å². The molecule has 0 fully saturated rings. The van der Waals surface area contributed by atoms with E-state index in [2.05, 4.69) is 15.4 Å². The molecule has 132 valence electrons. The maximum absolute atomic E-state index is 12.5. The summed E-state index contributed by atoms with van der Waals surface area (Å²) in [5.41, 5.74) is 2.10. The van der Waals surface area contributed by atoms with Gasteiger partial charge in [-0.1, -0.05) is 36.4 Å². The Bertz CT molecular complexity index is 940. The summed E-state index contributed by atoms with van der Waals surface area (Å²) < 4.78 is 0.966. The number of hydrogen-bond donors (Lipinski definition) is 2. The van der Waals surface area contributed by atoms with Crippen molar-refractivity contribution in [2.24, 2.45) is 0 Å². The standard InChI is InChI=1S/C19H18N4O3/c24-18(25)13-23-19(26)17(21-11-9-15-8-4-5-10-20-15)12-16(22-23)14-6-2-1-3-7-14/h1-8,10,12,21H,9,11,13H2,(H,24,25). The molecule has 2 N–H and O–H groups in total. The largest absolute Gasteiger partial charge is 0.480 e. The SMILES string of the molecule is O=C(O)Cn1nc(-c2ccccc2)cc(NCCc2ccccn2)c1=O. The lowest BCUT2D eigenvalue weighted by Crippen LogP contribution is -2.29. The van der Waals surface area contributed by atoms with E-state index in [0.29, 0.717) is 24.3 Å². The molecule has 2 aromatic heterocycles. The summed E-state index contributed by atoms with van der Waals surface area (Å²) in [5, 5.41) is 16.3. The lowest BCUT2D eigenvalue weighted by Gasteiger charge is -2.11. The van der Waals surface area contributed by atoms with Gasteiger partial charge in [-0.2, -0.15) is 5.10 Å². The molecule has 0 saturated heterocycles. The van der Waals surface area contributed by atoms with E-state index in [4.69, 9.17) is 5.11 Å². The van der Waals surface area contributed by atoms with E-state index in [1.807, 2.05) is 48.5 Å². The molecule has 26 heavy (non-hydrogen) atoms. The maximum Gasteiger partial charge on any atom is 0.325 e. The molecule has 0 aliphatic heterocycles. The van der Waals surface area contributed by atoms with Crippen LogP contribution in [0, 0.1) is 0 Å². The molecule has 7 heteroatoms. The van der Waals surface area contributed by atoms with Crippen molar-refractivity contribution in [1.82, 2.24) is 14.8 Å². The lowest BCUT2D eigenvalue weighted by atomic mass is 10.1. The van der Waals surface area contributed by atoms with E-state index in [9.17, 15) is 9.59 Å². The molecule has 1 aromatic carbocycles. The number of carbonyl (C=O) groups is 1. The molecule has 7 nitrogen and oxygen atoms in total. The third kappa shape index (κ3) is 4.32. The van der Waals surface area contributed by atoms with Gasteiger partial charge in [0.05, 0.1) is 5.69 Å². The van der Waals surface area contributed by atoms with E-state index >= 15 is 0 Å². The number of pyridine rings is 1. The molecule has 2 heterocycles. The molecule has 0 aliphatic carbocycles. The molecule has 3 rings (SSSR count). The number of benzene rings is 1. The number of carboxylic acids is 1. The van der Waals surface area contributed by atoms with Gasteiger partial charge >= 0.3 is 5.97 Å². The number of hydrogen-bond acceptors (Lipinski definition) is 5. The smallest absolute Gasteiger partial charge is 0.325 e. The Balaban J connectivity index is 1.87. The summed E-state index contributed by atoms with van der Waals surface area (Å²) in [6, 6.07) is 16.6. The molecule has 0 atom stereocenters. The monoisotopic (exact) mass is 350 g/mol. The van der Waals surface area contributed by atoms with Crippen molar-refractivity contribution in [2.45, 2.75) is 13.0 Å². The van der Waals surface area contributed by atoms with E-state index < -0.39 is 18.1 Å². The highest BCUT2D eigenvalue weighted by Gasteiger charge is 2.12. The average Bonchev–Trinajstić information content (AvgIpc) is 2.66. The van der Waals surface area contributed by atoms with Crippen LogP contribution in [0.5, 0.6) is 0 Å². The zero-order valence-corrected chi connectivity index (χ0v) is 14.0. The fourth-order valence-corrected chi connectivity index (χ4v) is 2.52. The summed E-state index contributed by atoms with van der Waals surface area (Å²) in [5.74, 6) is -1.12. The van der Waals surface area contributed by atoms with E-state index in [-0.39, 0.29) is 0 Å². The van der Waals surface area contributed by atoms with Crippen LogP contribution in [0.3, 0.4) is 0 Å². The highest BCUT2D eigenvalue weighted by molar-refractivity contribution is 5.67. The first kappa shape index (κ1) is 17.3. The number of nitrogens with zero attached hydrogens (tertiary/aromatic N) is 3. The minimum absolute atomic E-state index is 0.316. The van der Waals surface area contributed by atoms with Gasteiger partial charge in [-0.3, -0.25) is 14.6 Å². The average molecular weight is 350 g/mol. The molecule has 0 spiro atoms. The summed E-state index contributed by atoms with van der Waals surface area (Å²) in [6.45, 7) is 0.00595. The van der Waals surface area contributed by atoms with Gasteiger partial charge in [0.25, 0.3) is 5.56 Å². The predicted molar refractivity (Wildman–Crippen MR) is 98.0 cm³/mol. The van der Waals surface area contributed by atoms with Crippen LogP contribution >= 0.6 is 0 Å². The number of nitrogens with one attached hydrogen (secondary N) is 1. The first-order valence-corrected chi connectivity index (χ1v) is 8.16. The Hall–Kier alpha value is -3.48. The Morgan fingerprint density at radius 3 is 2.58 bits per heavy atom. The molecular weight excluding hydrogens is 332 g/mol. The minimum Gasteiger partial charge on any atom is -0.480 e. The van der Waals surface area contributed by atoms with Gasteiger partial charge in [-0.05, 0) is 18.2 Å². The summed E-state index contributed by atoms with van der Waals surface area (Å²) in [6.07, 6.45) is 2.36. The molecule has 0 aliphatic rings. The van der Waals surface area contributed by atoms with Gasteiger partial charge in [0, 0.05) is 30.4 Å². The van der Waals surface area contributed by atoms with Crippen LogP contribution in [0.15, 0.2) is 65.6 Å². The Kier molecular flexibility index (Phi) is 5.38. The maximum atomic E-state index is 12.5. The molecule has 0 radical (unpaired) electrons. The molecule has 0 unspecified atom stereocenters. The first-order chi connectivity index (χ1) is 12.6. The van der Waals surface area contributed by atoms with E-state index in [0.717, 1.165) is 15.9 Å². The van der Waals surface area contributed by atoms with Crippen LogP contribution < -0.4 is 10.9 Å². The van der Waals surface area contributed by atoms with Crippen LogP contribution in [0.2, 0.25) is 0 Å². The molecule has 0 saturated carbocycles. The van der Waals surface area contributed by atoms with Crippen LogP contribution in [0.4, 0.5) is 5.69 Å². The number of aromatic nitrogens is 3.